The lowest BCUT2D eigenvalue weighted by atomic mass is 9.89. The Balaban J connectivity index is 1.70. The van der Waals surface area contributed by atoms with Crippen LogP contribution in [-0.2, 0) is 0 Å². The number of rotatable bonds is 10. The Morgan fingerprint density at radius 1 is 0.946 bits per heavy atom. The Hall–Kier alpha value is -4.39. The van der Waals surface area contributed by atoms with E-state index < -0.39 is 5.97 Å². The Morgan fingerprint density at radius 3 is 2.49 bits per heavy atom. The summed E-state index contributed by atoms with van der Waals surface area (Å²) in [6, 6.07) is 13.2. The van der Waals surface area contributed by atoms with E-state index in [4.69, 9.17) is 4.42 Å². The molecule has 3 N–H and O–H groups in total. The number of phenolic OH excluding ortho intramolecular Hbond substituents is 1. The van der Waals surface area contributed by atoms with Crippen LogP contribution in [0.25, 0.3) is 33.4 Å². The van der Waals surface area contributed by atoms with Gasteiger partial charge in [-0.2, -0.15) is 0 Å². The molecule has 2 aromatic carbocycles. The summed E-state index contributed by atoms with van der Waals surface area (Å²) in [5, 5.41) is 23.4. The summed E-state index contributed by atoms with van der Waals surface area (Å²) in [5.74, 6) is -1.24. The first kappa shape index (κ1) is 25.7. The molecule has 2 aromatic rings. The summed E-state index contributed by atoms with van der Waals surface area (Å²) >= 11 is 0. The van der Waals surface area contributed by atoms with E-state index in [-0.39, 0.29) is 34.0 Å². The second-order valence-electron chi connectivity index (χ2n) is 9.26. The maximum Gasteiger partial charge on any atom is 0.336 e. The van der Waals surface area contributed by atoms with E-state index in [1.54, 1.807) is 18.2 Å². The molecule has 0 bridgehead atoms. The summed E-state index contributed by atoms with van der Waals surface area (Å²) in [5.41, 5.74) is 2.85. The van der Waals surface area contributed by atoms with E-state index in [0.717, 1.165) is 32.1 Å². The monoisotopic (exact) mass is 499 g/mol. The van der Waals surface area contributed by atoms with Crippen molar-refractivity contribution in [2.75, 3.05) is 6.54 Å². The summed E-state index contributed by atoms with van der Waals surface area (Å²) in [6.45, 7) is 6.45. The first-order valence-corrected chi connectivity index (χ1v) is 12.2. The fraction of sp³-hybridized carbons (Fsp3) is 0.233. The van der Waals surface area contributed by atoms with Crippen molar-refractivity contribution < 1.29 is 24.2 Å². The van der Waals surface area contributed by atoms with Crippen LogP contribution in [-0.4, -0.2) is 28.6 Å². The predicted octanol–water partition coefficient (Wildman–Crippen LogP) is 6.23. The molecule has 0 saturated carbocycles. The number of carboxylic acids is 1. The maximum atomic E-state index is 12.9. The molecule has 190 valence electrons. The lowest BCUT2D eigenvalue weighted by Gasteiger charge is -2.17. The number of hydrogen-bond acceptors (Lipinski definition) is 5. The van der Waals surface area contributed by atoms with E-state index in [0.29, 0.717) is 34.2 Å². The lowest BCUT2D eigenvalue weighted by molar-refractivity contribution is 0.0697. The number of carbonyl (C=O) groups excluding carboxylic acids is 1. The molecular weight excluding hydrogens is 470 g/mol. The third-order valence-corrected chi connectivity index (χ3v) is 6.27. The van der Waals surface area contributed by atoms with Crippen LogP contribution in [0.15, 0.2) is 76.0 Å². The van der Waals surface area contributed by atoms with Crippen molar-refractivity contribution in [3.05, 3.63) is 88.1 Å². The van der Waals surface area contributed by atoms with Crippen LogP contribution in [0.1, 0.15) is 59.7 Å². The highest BCUT2D eigenvalue weighted by Gasteiger charge is 2.23. The van der Waals surface area contributed by atoms with Gasteiger partial charge in [0.2, 0.25) is 0 Å². The number of benzene rings is 3. The number of amides is 1. The largest absolute Gasteiger partial charge is 0.508 e. The molecule has 0 unspecified atom stereocenters. The molecule has 0 atom stereocenters. The molecule has 7 nitrogen and oxygen atoms in total. The van der Waals surface area contributed by atoms with Gasteiger partial charge < -0.3 is 19.9 Å². The number of unbranched alkanes of at least 4 members (excludes halogenated alkanes) is 3. The van der Waals surface area contributed by atoms with Crippen LogP contribution in [0, 0.1) is 0 Å². The second kappa shape index (κ2) is 11.1. The molecule has 2 aliphatic rings. The van der Waals surface area contributed by atoms with Gasteiger partial charge in [-0.25, -0.2) is 4.79 Å². The lowest BCUT2D eigenvalue weighted by Crippen LogP contribution is -2.24. The van der Waals surface area contributed by atoms with Gasteiger partial charge in [-0.1, -0.05) is 18.4 Å². The molecule has 1 aliphatic carbocycles. The Morgan fingerprint density at radius 2 is 1.73 bits per heavy atom. The van der Waals surface area contributed by atoms with E-state index >= 15 is 0 Å². The average Bonchev–Trinajstić information content (AvgIpc) is 2.85. The fourth-order valence-electron chi connectivity index (χ4n) is 4.44. The van der Waals surface area contributed by atoms with Crippen molar-refractivity contribution in [1.82, 2.24) is 5.32 Å². The summed E-state index contributed by atoms with van der Waals surface area (Å²) in [4.78, 5) is 37.1. The van der Waals surface area contributed by atoms with Crippen LogP contribution in [0.3, 0.4) is 0 Å². The molecule has 0 saturated heterocycles. The third-order valence-electron chi connectivity index (χ3n) is 6.27. The fourth-order valence-corrected chi connectivity index (χ4v) is 4.44. The minimum atomic E-state index is -1.15. The number of aromatic carboxylic acids is 1. The molecule has 0 fully saturated rings. The number of fused-ring (bicyclic) bond motifs is 2. The minimum Gasteiger partial charge on any atom is -0.508 e. The molecular formula is C30H29NO6. The number of carboxylic acid groups (broad SMARTS) is 1. The quantitative estimate of drug-likeness (QED) is 0.135. The van der Waals surface area contributed by atoms with Gasteiger partial charge in [0, 0.05) is 40.8 Å². The standard InChI is InChI=1S/C30H29NO6/c1-18(2)7-5-3-4-6-14-31-29(34)19-8-11-22(30(35)36)25(15-19)28-23-12-9-20(32)16-26(23)37-27-17-21(33)10-13-24(27)28/h8-13,15-17,32H,1,3-7,14H2,2H3,(H,31,34)(H,35,36). The van der Waals surface area contributed by atoms with Gasteiger partial charge in [-0.3, -0.25) is 9.59 Å². The maximum absolute atomic E-state index is 12.9. The molecule has 1 amide bonds. The molecule has 1 aliphatic heterocycles. The number of allylic oxidation sites excluding steroid dienone is 1. The number of phenols is 1. The van der Waals surface area contributed by atoms with Gasteiger partial charge in [0.1, 0.15) is 17.1 Å². The average molecular weight is 500 g/mol. The topological polar surface area (TPSA) is 117 Å². The van der Waals surface area contributed by atoms with Crippen molar-refractivity contribution in [3.63, 3.8) is 0 Å². The Labute approximate surface area is 214 Å². The van der Waals surface area contributed by atoms with E-state index in [1.165, 1.54) is 42.0 Å². The summed E-state index contributed by atoms with van der Waals surface area (Å²) in [7, 11) is 0. The molecule has 4 rings (SSSR count). The summed E-state index contributed by atoms with van der Waals surface area (Å²) < 4.78 is 5.86. The van der Waals surface area contributed by atoms with Crippen LogP contribution in [0.2, 0.25) is 0 Å². The summed E-state index contributed by atoms with van der Waals surface area (Å²) in [6.07, 6.45) is 5.01. The molecule has 1 heterocycles. The number of carbonyl (C=O) groups is 2. The Kier molecular flexibility index (Phi) is 7.72. The van der Waals surface area contributed by atoms with Crippen molar-refractivity contribution in [2.24, 2.45) is 0 Å². The first-order valence-electron chi connectivity index (χ1n) is 12.2. The zero-order valence-corrected chi connectivity index (χ0v) is 20.7. The van der Waals surface area contributed by atoms with Crippen LogP contribution >= 0.6 is 0 Å². The van der Waals surface area contributed by atoms with Gasteiger partial charge in [-0.15, -0.1) is 6.58 Å². The molecule has 0 spiro atoms. The predicted molar refractivity (Wildman–Crippen MR) is 143 cm³/mol. The second-order valence-corrected chi connectivity index (χ2v) is 9.26. The minimum absolute atomic E-state index is 0.00198. The number of aromatic hydroxyl groups is 1. The van der Waals surface area contributed by atoms with Crippen LogP contribution in [0.4, 0.5) is 0 Å². The van der Waals surface area contributed by atoms with E-state index in [1.807, 2.05) is 6.92 Å². The molecule has 0 radical (unpaired) electrons. The Bertz CT molecular complexity index is 1520. The number of nitrogens with one attached hydrogen (secondary N) is 1. The van der Waals surface area contributed by atoms with Crippen molar-refractivity contribution in [3.8, 4) is 28.2 Å². The molecule has 0 aromatic heterocycles. The van der Waals surface area contributed by atoms with Crippen LogP contribution in [0.5, 0.6) is 5.75 Å². The molecule has 37 heavy (non-hydrogen) atoms. The zero-order valence-electron chi connectivity index (χ0n) is 20.7. The number of hydrogen-bond donors (Lipinski definition) is 3. The van der Waals surface area contributed by atoms with Crippen molar-refractivity contribution in [1.29, 1.82) is 0 Å². The van der Waals surface area contributed by atoms with E-state index in [9.17, 15) is 24.6 Å². The van der Waals surface area contributed by atoms with Gasteiger partial charge in [0.25, 0.3) is 5.91 Å². The SMILES string of the molecule is C=C(C)CCCCCCNC(=O)c1ccc(C(=O)O)c(-c2c3ccc(=O)cc-3oc3cc(O)ccc23)c1. The normalized spacial score (nSPS) is 11.1. The third kappa shape index (κ3) is 5.89. The van der Waals surface area contributed by atoms with Gasteiger partial charge in [-0.05, 0) is 74.2 Å². The van der Waals surface area contributed by atoms with Gasteiger partial charge in [0.15, 0.2) is 5.43 Å². The van der Waals surface area contributed by atoms with E-state index in [2.05, 4.69) is 11.9 Å². The zero-order chi connectivity index (χ0) is 26.5. The smallest absolute Gasteiger partial charge is 0.336 e. The highest BCUT2D eigenvalue weighted by atomic mass is 16.4. The highest BCUT2D eigenvalue weighted by Crippen LogP contribution is 2.42. The van der Waals surface area contributed by atoms with Gasteiger partial charge >= 0.3 is 5.97 Å². The highest BCUT2D eigenvalue weighted by molar-refractivity contribution is 6.09. The molecule has 7 heteroatoms. The van der Waals surface area contributed by atoms with Crippen molar-refractivity contribution >= 4 is 22.8 Å². The first-order chi connectivity index (χ1) is 17.7. The van der Waals surface area contributed by atoms with Crippen LogP contribution < -0.4 is 10.7 Å². The van der Waals surface area contributed by atoms with Gasteiger partial charge in [0.05, 0.1) is 5.56 Å². The van der Waals surface area contributed by atoms with Crippen molar-refractivity contribution in [2.45, 2.75) is 39.0 Å².